The van der Waals surface area contributed by atoms with E-state index in [9.17, 15) is 0 Å². The lowest BCUT2D eigenvalue weighted by molar-refractivity contribution is 0.110. The molecule has 76 valence electrons. The maximum atomic E-state index is 5.55. The van der Waals surface area contributed by atoms with Crippen molar-refractivity contribution in [2.45, 2.75) is 36.5 Å². The summed E-state index contributed by atoms with van der Waals surface area (Å²) in [5.74, 6) is 0. The van der Waals surface area contributed by atoms with Gasteiger partial charge in [0.2, 0.25) is 0 Å². The van der Waals surface area contributed by atoms with Crippen LogP contribution in [0.15, 0.2) is 0 Å². The summed E-state index contributed by atoms with van der Waals surface area (Å²) in [6.07, 6.45) is 8.01. The molecule has 0 aromatic rings. The van der Waals surface area contributed by atoms with Gasteiger partial charge in [-0.1, -0.05) is 0 Å². The maximum Gasteiger partial charge on any atom is 0.0700 e. The second kappa shape index (κ2) is 4.20. The smallest absolute Gasteiger partial charge is 0.0700 e. The largest absolute Gasteiger partial charge is 0.377 e. The standard InChI is InChI=1S/C10H19NOS/c1-13-10(4-5-10)8-11-7-9-3-2-6-12-9/h9,11H,2-8H2,1H3. The Morgan fingerprint density at radius 1 is 1.54 bits per heavy atom. The molecule has 0 amide bonds. The van der Waals surface area contributed by atoms with E-state index >= 15 is 0 Å². The first-order valence-electron chi connectivity index (χ1n) is 5.22. The zero-order valence-electron chi connectivity index (χ0n) is 8.34. The van der Waals surface area contributed by atoms with Crippen molar-refractivity contribution >= 4 is 11.8 Å². The van der Waals surface area contributed by atoms with E-state index in [0.29, 0.717) is 10.9 Å². The van der Waals surface area contributed by atoms with Crippen LogP contribution in [0.2, 0.25) is 0 Å². The summed E-state index contributed by atoms with van der Waals surface area (Å²) in [6.45, 7) is 3.20. The third-order valence-electron chi connectivity index (χ3n) is 3.08. The highest BCUT2D eigenvalue weighted by atomic mass is 32.2. The van der Waals surface area contributed by atoms with Crippen molar-refractivity contribution in [2.24, 2.45) is 0 Å². The Morgan fingerprint density at radius 2 is 2.38 bits per heavy atom. The Hall–Kier alpha value is 0.270. The molecule has 2 aliphatic rings. The maximum absolute atomic E-state index is 5.55. The van der Waals surface area contributed by atoms with E-state index in [1.165, 1.54) is 32.2 Å². The van der Waals surface area contributed by atoms with Crippen molar-refractivity contribution in [3.8, 4) is 0 Å². The zero-order valence-corrected chi connectivity index (χ0v) is 9.16. The molecule has 1 saturated carbocycles. The van der Waals surface area contributed by atoms with Crippen LogP contribution < -0.4 is 5.32 Å². The van der Waals surface area contributed by atoms with E-state index in [0.717, 1.165) is 13.2 Å². The Morgan fingerprint density at radius 3 is 2.92 bits per heavy atom. The van der Waals surface area contributed by atoms with Crippen LogP contribution in [0.1, 0.15) is 25.7 Å². The van der Waals surface area contributed by atoms with Crippen LogP contribution >= 0.6 is 11.8 Å². The van der Waals surface area contributed by atoms with Gasteiger partial charge < -0.3 is 10.1 Å². The van der Waals surface area contributed by atoms with E-state index in [1.807, 2.05) is 11.8 Å². The summed E-state index contributed by atoms with van der Waals surface area (Å²) in [5.41, 5.74) is 0. The molecule has 1 heterocycles. The van der Waals surface area contributed by atoms with Crippen LogP contribution in [-0.2, 0) is 4.74 Å². The van der Waals surface area contributed by atoms with Crippen molar-refractivity contribution in [3.05, 3.63) is 0 Å². The number of nitrogens with one attached hydrogen (secondary N) is 1. The summed E-state index contributed by atoms with van der Waals surface area (Å²) in [7, 11) is 0. The summed E-state index contributed by atoms with van der Waals surface area (Å²) in [6, 6.07) is 0. The van der Waals surface area contributed by atoms with Gasteiger partial charge in [-0.2, -0.15) is 11.8 Å². The number of ether oxygens (including phenoxy) is 1. The van der Waals surface area contributed by atoms with Crippen LogP contribution in [0.25, 0.3) is 0 Å². The van der Waals surface area contributed by atoms with Gasteiger partial charge in [0.15, 0.2) is 0 Å². The molecule has 1 aliphatic carbocycles. The molecule has 0 aromatic heterocycles. The summed E-state index contributed by atoms with van der Waals surface area (Å²) < 4.78 is 6.15. The van der Waals surface area contributed by atoms with E-state index in [4.69, 9.17) is 4.74 Å². The predicted octanol–water partition coefficient (Wildman–Crippen LogP) is 1.65. The minimum absolute atomic E-state index is 0.498. The van der Waals surface area contributed by atoms with E-state index in [-0.39, 0.29) is 0 Å². The van der Waals surface area contributed by atoms with Gasteiger partial charge in [0.05, 0.1) is 6.10 Å². The summed E-state index contributed by atoms with van der Waals surface area (Å²) in [5, 5.41) is 3.54. The Bertz CT molecular complexity index is 164. The zero-order chi connectivity index (χ0) is 9.15. The van der Waals surface area contributed by atoms with Gasteiger partial charge in [-0.3, -0.25) is 0 Å². The van der Waals surface area contributed by atoms with Crippen molar-refractivity contribution in [2.75, 3.05) is 26.0 Å². The molecular weight excluding hydrogens is 182 g/mol. The van der Waals surface area contributed by atoms with Crippen LogP contribution in [0, 0.1) is 0 Å². The van der Waals surface area contributed by atoms with E-state index in [1.54, 1.807) is 0 Å². The van der Waals surface area contributed by atoms with Crippen molar-refractivity contribution in [3.63, 3.8) is 0 Å². The second-order valence-electron chi connectivity index (χ2n) is 4.15. The molecule has 1 atom stereocenters. The molecule has 2 rings (SSSR count). The molecule has 0 spiro atoms. The van der Waals surface area contributed by atoms with Gasteiger partial charge in [0.25, 0.3) is 0 Å². The molecule has 1 unspecified atom stereocenters. The van der Waals surface area contributed by atoms with Crippen LogP contribution in [0.3, 0.4) is 0 Å². The molecule has 0 bridgehead atoms. The van der Waals surface area contributed by atoms with Gasteiger partial charge in [0, 0.05) is 24.4 Å². The SMILES string of the molecule is CSC1(CNCC2CCCO2)CC1. The topological polar surface area (TPSA) is 21.3 Å². The third-order valence-corrected chi connectivity index (χ3v) is 4.50. The third kappa shape index (κ3) is 2.61. The monoisotopic (exact) mass is 201 g/mol. The Kier molecular flexibility index (Phi) is 3.17. The fourth-order valence-corrected chi connectivity index (χ4v) is 2.62. The summed E-state index contributed by atoms with van der Waals surface area (Å²) >= 11 is 2.02. The van der Waals surface area contributed by atoms with Crippen molar-refractivity contribution in [1.29, 1.82) is 0 Å². The average molecular weight is 201 g/mol. The molecule has 13 heavy (non-hydrogen) atoms. The lowest BCUT2D eigenvalue weighted by atomic mass is 10.2. The quantitative estimate of drug-likeness (QED) is 0.731. The molecule has 1 aliphatic heterocycles. The highest BCUT2D eigenvalue weighted by Gasteiger charge is 2.41. The highest BCUT2D eigenvalue weighted by molar-refractivity contribution is 8.00. The molecule has 1 N–H and O–H groups in total. The fraction of sp³-hybridized carbons (Fsp3) is 1.00. The lowest BCUT2D eigenvalue weighted by Crippen LogP contribution is -2.32. The first kappa shape index (κ1) is 9.81. The van der Waals surface area contributed by atoms with Crippen molar-refractivity contribution in [1.82, 2.24) is 5.32 Å². The Balaban J connectivity index is 1.58. The van der Waals surface area contributed by atoms with Crippen molar-refractivity contribution < 1.29 is 4.74 Å². The second-order valence-corrected chi connectivity index (χ2v) is 5.43. The fourth-order valence-electron chi connectivity index (χ4n) is 1.86. The normalized spacial score (nSPS) is 30.7. The minimum Gasteiger partial charge on any atom is -0.377 e. The first-order chi connectivity index (χ1) is 6.35. The van der Waals surface area contributed by atoms with Gasteiger partial charge in [-0.25, -0.2) is 0 Å². The number of rotatable bonds is 5. The molecule has 2 nitrogen and oxygen atoms in total. The predicted molar refractivity (Wildman–Crippen MR) is 57.3 cm³/mol. The molecule has 1 saturated heterocycles. The van der Waals surface area contributed by atoms with Gasteiger partial charge in [0.1, 0.15) is 0 Å². The van der Waals surface area contributed by atoms with Crippen LogP contribution in [-0.4, -0.2) is 36.8 Å². The molecule has 3 heteroatoms. The highest BCUT2D eigenvalue weighted by Crippen LogP contribution is 2.46. The van der Waals surface area contributed by atoms with E-state index < -0.39 is 0 Å². The van der Waals surface area contributed by atoms with Crippen LogP contribution in [0.4, 0.5) is 0 Å². The van der Waals surface area contributed by atoms with E-state index in [2.05, 4.69) is 11.6 Å². The lowest BCUT2D eigenvalue weighted by Gasteiger charge is -2.15. The molecule has 0 radical (unpaired) electrons. The minimum atomic E-state index is 0.498. The Labute approximate surface area is 84.8 Å². The number of thioether (sulfide) groups is 1. The molecule has 2 fully saturated rings. The number of hydrogen-bond donors (Lipinski definition) is 1. The number of hydrogen-bond acceptors (Lipinski definition) is 3. The van der Waals surface area contributed by atoms with Gasteiger partial charge in [-0.05, 0) is 31.9 Å². The van der Waals surface area contributed by atoms with Gasteiger partial charge >= 0.3 is 0 Å². The average Bonchev–Trinajstić information content (AvgIpc) is 2.74. The van der Waals surface area contributed by atoms with Gasteiger partial charge in [-0.15, -0.1) is 0 Å². The van der Waals surface area contributed by atoms with Crippen LogP contribution in [0.5, 0.6) is 0 Å². The molecule has 0 aromatic carbocycles. The summed E-state index contributed by atoms with van der Waals surface area (Å²) in [4.78, 5) is 0. The molecular formula is C10H19NOS. The first-order valence-corrected chi connectivity index (χ1v) is 6.45.